The average Bonchev–Trinajstić information content (AvgIpc) is 3.15. The van der Waals surface area contributed by atoms with Gasteiger partial charge in [0.1, 0.15) is 0 Å². The van der Waals surface area contributed by atoms with E-state index in [0.717, 1.165) is 5.56 Å². The number of hydrogen-bond donors (Lipinski definition) is 6. The molecule has 2 rings (SSSR count). The molecule has 1 aliphatic rings. The number of benzene rings is 1. The van der Waals surface area contributed by atoms with Gasteiger partial charge < -0.3 is 26.3 Å². The van der Waals surface area contributed by atoms with E-state index in [2.05, 4.69) is 21.5 Å². The molecule has 2 amide bonds. The topological polar surface area (TPSA) is 123 Å². The van der Waals surface area contributed by atoms with Crippen molar-refractivity contribution < 1.29 is 19.8 Å². The van der Waals surface area contributed by atoms with Gasteiger partial charge in [0.05, 0.1) is 6.04 Å². The standard InChI is InChI=1S/C16H21ClN4O4/c17-7-1-8-18-15(24)13(22)14(23)16(25)20-11-4-2-10(3-5-11)12-6-9-19-21-12/h2-6,9,12-14,19,21-23H,1,7-8H2,(H,18,24)(H,20,25)/t12?,13-,14-/m1/s1. The van der Waals surface area contributed by atoms with E-state index in [4.69, 9.17) is 11.6 Å². The first kappa shape index (κ1) is 19.2. The number of hydrogen-bond acceptors (Lipinski definition) is 6. The van der Waals surface area contributed by atoms with Gasteiger partial charge in [-0.1, -0.05) is 12.1 Å². The van der Waals surface area contributed by atoms with Crippen LogP contribution in [0.5, 0.6) is 0 Å². The summed E-state index contributed by atoms with van der Waals surface area (Å²) in [6.07, 6.45) is 0.523. The van der Waals surface area contributed by atoms with Crippen molar-refractivity contribution in [2.75, 3.05) is 17.7 Å². The summed E-state index contributed by atoms with van der Waals surface area (Å²) < 4.78 is 0. The molecule has 0 saturated carbocycles. The van der Waals surface area contributed by atoms with Gasteiger partial charge in [-0.05, 0) is 30.2 Å². The van der Waals surface area contributed by atoms with Gasteiger partial charge in [0.25, 0.3) is 11.8 Å². The van der Waals surface area contributed by atoms with Crippen molar-refractivity contribution in [2.24, 2.45) is 0 Å². The molecule has 1 heterocycles. The van der Waals surface area contributed by atoms with Gasteiger partial charge in [-0.25, -0.2) is 5.43 Å². The van der Waals surface area contributed by atoms with Crippen LogP contribution < -0.4 is 21.5 Å². The SMILES string of the molecule is O=C(NCCCCl)[C@H](O)[C@@H](O)C(=O)Nc1ccc(C2C=CNN2)cc1. The zero-order valence-electron chi connectivity index (χ0n) is 13.4. The predicted molar refractivity (Wildman–Crippen MR) is 93.6 cm³/mol. The monoisotopic (exact) mass is 368 g/mol. The lowest BCUT2D eigenvalue weighted by Crippen LogP contribution is -2.47. The van der Waals surface area contributed by atoms with Crippen molar-refractivity contribution in [1.82, 2.24) is 16.2 Å². The minimum atomic E-state index is -1.88. The fourth-order valence-corrected chi connectivity index (χ4v) is 2.32. The van der Waals surface area contributed by atoms with Crippen LogP contribution in [0.1, 0.15) is 18.0 Å². The number of anilines is 1. The molecule has 9 heteroatoms. The van der Waals surface area contributed by atoms with Crippen molar-refractivity contribution in [2.45, 2.75) is 24.7 Å². The third kappa shape index (κ3) is 5.43. The van der Waals surface area contributed by atoms with Crippen LogP contribution >= 0.6 is 11.6 Å². The quantitative estimate of drug-likeness (QED) is 0.278. The number of rotatable bonds is 8. The summed E-state index contributed by atoms with van der Waals surface area (Å²) in [5.41, 5.74) is 7.32. The highest BCUT2D eigenvalue weighted by molar-refractivity contribution is 6.17. The molecule has 8 nitrogen and oxygen atoms in total. The van der Waals surface area contributed by atoms with E-state index in [1.54, 1.807) is 18.3 Å². The van der Waals surface area contributed by atoms with E-state index in [-0.39, 0.29) is 12.6 Å². The third-order valence-corrected chi connectivity index (χ3v) is 3.86. The van der Waals surface area contributed by atoms with Gasteiger partial charge in [-0.3, -0.25) is 9.59 Å². The van der Waals surface area contributed by atoms with Crippen molar-refractivity contribution in [3.05, 3.63) is 42.1 Å². The van der Waals surface area contributed by atoms with E-state index in [9.17, 15) is 19.8 Å². The molecule has 25 heavy (non-hydrogen) atoms. The van der Waals surface area contributed by atoms with E-state index in [1.165, 1.54) is 0 Å². The second-order valence-electron chi connectivity index (χ2n) is 5.46. The second kappa shape index (κ2) is 9.38. The first-order valence-corrected chi connectivity index (χ1v) is 8.34. The molecule has 136 valence electrons. The molecule has 0 radical (unpaired) electrons. The fraction of sp³-hybridized carbons (Fsp3) is 0.375. The molecule has 0 saturated heterocycles. The molecule has 6 N–H and O–H groups in total. The fourth-order valence-electron chi connectivity index (χ4n) is 2.18. The maximum Gasteiger partial charge on any atom is 0.256 e. The van der Waals surface area contributed by atoms with Crippen molar-refractivity contribution in [1.29, 1.82) is 0 Å². The van der Waals surface area contributed by atoms with Gasteiger partial charge in [-0.2, -0.15) is 0 Å². The summed E-state index contributed by atoms with van der Waals surface area (Å²) in [4.78, 5) is 23.6. The van der Waals surface area contributed by atoms with E-state index < -0.39 is 24.0 Å². The molecule has 1 aromatic rings. The molecular formula is C16H21ClN4O4. The molecule has 1 aromatic carbocycles. The number of alkyl halides is 1. The van der Waals surface area contributed by atoms with Crippen LogP contribution in [0.25, 0.3) is 0 Å². The highest BCUT2D eigenvalue weighted by atomic mass is 35.5. The lowest BCUT2D eigenvalue weighted by Gasteiger charge is -2.17. The van der Waals surface area contributed by atoms with Gasteiger partial charge in [0.2, 0.25) is 0 Å². The highest BCUT2D eigenvalue weighted by Gasteiger charge is 2.30. The number of aliphatic hydroxyl groups excluding tert-OH is 2. The van der Waals surface area contributed by atoms with Gasteiger partial charge in [0.15, 0.2) is 12.2 Å². The lowest BCUT2D eigenvalue weighted by atomic mass is 10.1. The zero-order chi connectivity index (χ0) is 18.2. The van der Waals surface area contributed by atoms with Crippen molar-refractivity contribution >= 4 is 29.1 Å². The smallest absolute Gasteiger partial charge is 0.256 e. The maximum absolute atomic E-state index is 12.0. The van der Waals surface area contributed by atoms with Crippen LogP contribution in [-0.2, 0) is 9.59 Å². The number of nitrogens with one attached hydrogen (secondary N) is 4. The molecular weight excluding hydrogens is 348 g/mol. The van der Waals surface area contributed by atoms with Crippen molar-refractivity contribution in [3.8, 4) is 0 Å². The van der Waals surface area contributed by atoms with Crippen LogP contribution in [0, 0.1) is 0 Å². The number of carbonyl (C=O) groups is 2. The largest absolute Gasteiger partial charge is 0.380 e. The average molecular weight is 369 g/mol. The minimum Gasteiger partial charge on any atom is -0.380 e. The summed E-state index contributed by atoms with van der Waals surface area (Å²) >= 11 is 5.48. The van der Waals surface area contributed by atoms with Gasteiger partial charge in [0, 0.05) is 24.3 Å². The van der Waals surface area contributed by atoms with Crippen LogP contribution in [-0.4, -0.2) is 46.7 Å². The van der Waals surface area contributed by atoms with Gasteiger partial charge >= 0.3 is 0 Å². The Morgan fingerprint density at radius 2 is 1.84 bits per heavy atom. The van der Waals surface area contributed by atoms with Crippen molar-refractivity contribution in [3.63, 3.8) is 0 Å². The summed E-state index contributed by atoms with van der Waals surface area (Å²) in [6, 6.07) is 6.99. The Hall–Kier alpha value is -2.13. The Morgan fingerprint density at radius 1 is 1.16 bits per heavy atom. The Balaban J connectivity index is 1.87. The Kier molecular flexibility index (Phi) is 7.20. The van der Waals surface area contributed by atoms with E-state index in [1.807, 2.05) is 18.2 Å². The number of amides is 2. The number of aliphatic hydroxyl groups is 2. The third-order valence-electron chi connectivity index (χ3n) is 3.59. The first-order valence-electron chi connectivity index (χ1n) is 7.81. The van der Waals surface area contributed by atoms with Crippen LogP contribution in [0.3, 0.4) is 0 Å². The zero-order valence-corrected chi connectivity index (χ0v) is 14.2. The molecule has 1 unspecified atom stereocenters. The highest BCUT2D eigenvalue weighted by Crippen LogP contribution is 2.19. The van der Waals surface area contributed by atoms with Gasteiger partial charge in [-0.15, -0.1) is 11.6 Å². The molecule has 0 aliphatic carbocycles. The maximum atomic E-state index is 12.0. The Bertz CT molecular complexity index is 623. The van der Waals surface area contributed by atoms with Crippen LogP contribution in [0.4, 0.5) is 5.69 Å². The minimum absolute atomic E-state index is 0.0360. The molecule has 0 spiro atoms. The predicted octanol–water partition coefficient (Wildman–Crippen LogP) is -0.245. The number of halogens is 1. The number of carbonyl (C=O) groups excluding carboxylic acids is 2. The van der Waals surface area contributed by atoms with Crippen LogP contribution in [0.2, 0.25) is 0 Å². The lowest BCUT2D eigenvalue weighted by molar-refractivity contribution is -0.143. The molecule has 1 aliphatic heterocycles. The Labute approximate surface area is 150 Å². The number of hydrazine groups is 1. The molecule has 3 atom stereocenters. The van der Waals surface area contributed by atoms with Crippen LogP contribution in [0.15, 0.2) is 36.5 Å². The van der Waals surface area contributed by atoms with E-state index in [0.29, 0.717) is 18.0 Å². The summed E-state index contributed by atoms with van der Waals surface area (Å²) in [5.74, 6) is -1.33. The molecule has 0 bridgehead atoms. The first-order chi connectivity index (χ1) is 12.0. The normalized spacial score (nSPS) is 18.3. The summed E-state index contributed by atoms with van der Waals surface area (Å²) in [5, 5.41) is 24.4. The molecule has 0 aromatic heterocycles. The summed E-state index contributed by atoms with van der Waals surface area (Å²) in [7, 11) is 0. The molecule has 0 fully saturated rings. The Morgan fingerprint density at radius 3 is 2.44 bits per heavy atom. The van der Waals surface area contributed by atoms with E-state index >= 15 is 0 Å². The summed E-state index contributed by atoms with van der Waals surface area (Å²) in [6.45, 7) is 0.258. The second-order valence-corrected chi connectivity index (χ2v) is 5.84.